The fourth-order valence-electron chi connectivity index (χ4n) is 4.79. The van der Waals surface area contributed by atoms with Crippen molar-refractivity contribution in [3.63, 3.8) is 0 Å². The summed E-state index contributed by atoms with van der Waals surface area (Å²) in [7, 11) is 1.59. The maximum atomic E-state index is 13.5. The molecule has 43 heavy (non-hydrogen) atoms. The molecule has 2 heterocycles. The lowest BCUT2D eigenvalue weighted by atomic mass is 10.1. The molecule has 0 saturated carbocycles. The van der Waals surface area contributed by atoms with Crippen molar-refractivity contribution >= 4 is 46.2 Å². The molecule has 222 valence electrons. The average Bonchev–Trinajstić information content (AvgIpc) is 3.46. The van der Waals surface area contributed by atoms with E-state index in [4.69, 9.17) is 4.74 Å². The highest BCUT2D eigenvalue weighted by Crippen LogP contribution is 2.27. The molecular weight excluding hydrogens is 569 g/mol. The first-order valence-corrected chi connectivity index (χ1v) is 14.7. The molecule has 1 aromatic heterocycles. The molecule has 1 aliphatic rings. The molecule has 0 atom stereocenters. The van der Waals surface area contributed by atoms with Crippen molar-refractivity contribution in [2.45, 2.75) is 13.0 Å². The van der Waals surface area contributed by atoms with Crippen LogP contribution in [0.25, 0.3) is 0 Å². The summed E-state index contributed by atoms with van der Waals surface area (Å²) in [5.74, 6) is -0.226. The summed E-state index contributed by atoms with van der Waals surface area (Å²) in [6.45, 7) is 2.36. The molecule has 3 N–H and O–H groups in total. The number of carbonyl (C=O) groups is 3. The van der Waals surface area contributed by atoms with Gasteiger partial charge in [-0.1, -0.05) is 18.2 Å². The summed E-state index contributed by atoms with van der Waals surface area (Å²) in [6, 6.07) is 21.7. The second kappa shape index (κ2) is 13.8. The number of benzene rings is 3. The Balaban J connectivity index is 1.31. The van der Waals surface area contributed by atoms with Crippen LogP contribution in [0.5, 0.6) is 5.75 Å². The molecule has 11 heteroatoms. The number of hydrogen-bond acceptors (Lipinski definition) is 6. The van der Waals surface area contributed by atoms with Crippen LogP contribution in [0, 0.1) is 5.82 Å². The third kappa shape index (κ3) is 7.69. The van der Waals surface area contributed by atoms with Gasteiger partial charge in [0.15, 0.2) is 0 Å². The second-order valence-electron chi connectivity index (χ2n) is 9.96. The van der Waals surface area contributed by atoms with Crippen molar-refractivity contribution in [2.75, 3.05) is 48.8 Å². The fraction of sp³-hybridized carbons (Fsp3) is 0.219. The van der Waals surface area contributed by atoms with Crippen LogP contribution in [-0.4, -0.2) is 56.0 Å². The lowest BCUT2D eigenvalue weighted by molar-refractivity contribution is 0.0950. The van der Waals surface area contributed by atoms with Crippen LogP contribution in [0.2, 0.25) is 0 Å². The van der Waals surface area contributed by atoms with Gasteiger partial charge in [-0.05, 0) is 78.0 Å². The predicted molar refractivity (Wildman–Crippen MR) is 167 cm³/mol. The van der Waals surface area contributed by atoms with E-state index < -0.39 is 0 Å². The van der Waals surface area contributed by atoms with E-state index in [1.807, 2.05) is 11.4 Å². The van der Waals surface area contributed by atoms with Gasteiger partial charge in [-0.2, -0.15) is 0 Å². The van der Waals surface area contributed by atoms with E-state index in [1.54, 1.807) is 72.7 Å². The van der Waals surface area contributed by atoms with Crippen molar-refractivity contribution in [1.29, 1.82) is 0 Å². The Bertz CT molecular complexity index is 1560. The van der Waals surface area contributed by atoms with Gasteiger partial charge in [0.05, 0.1) is 17.6 Å². The van der Waals surface area contributed by atoms with E-state index >= 15 is 0 Å². The van der Waals surface area contributed by atoms with Gasteiger partial charge < -0.3 is 30.5 Å². The Hall–Kier alpha value is -4.90. The van der Waals surface area contributed by atoms with E-state index in [0.717, 1.165) is 5.56 Å². The number of amides is 4. The normalized spacial score (nSPS) is 13.2. The third-order valence-corrected chi connectivity index (χ3v) is 7.94. The van der Waals surface area contributed by atoms with Crippen LogP contribution >= 0.6 is 11.3 Å². The van der Waals surface area contributed by atoms with E-state index in [1.165, 1.54) is 23.5 Å². The molecule has 5 rings (SSSR count). The van der Waals surface area contributed by atoms with Gasteiger partial charge >= 0.3 is 6.03 Å². The number of hydrogen-bond donors (Lipinski definition) is 3. The van der Waals surface area contributed by atoms with Crippen LogP contribution in [0.3, 0.4) is 0 Å². The zero-order valence-corrected chi connectivity index (χ0v) is 24.5. The standard InChI is InChI=1S/C32H32FN5O4S/c1-42-26-12-9-24(10-13-26)36-32(41)38-16-3-15-37(17-18-38)28-14-11-25(35-31(40)29-4-2-19-43-29)20-27(28)30(39)34-21-22-5-7-23(33)8-6-22/h2,4-14,19-20H,3,15-18,21H2,1H3,(H,34,39)(H,35,40)(H,36,41). The number of methoxy groups -OCH3 is 1. The van der Waals surface area contributed by atoms with Crippen LogP contribution in [-0.2, 0) is 6.54 Å². The topological polar surface area (TPSA) is 103 Å². The van der Waals surface area contributed by atoms with E-state index in [-0.39, 0.29) is 30.2 Å². The molecule has 1 fully saturated rings. The van der Waals surface area contributed by atoms with Gasteiger partial charge in [0, 0.05) is 49.8 Å². The minimum Gasteiger partial charge on any atom is -0.497 e. The molecule has 0 bridgehead atoms. The second-order valence-corrected chi connectivity index (χ2v) is 10.9. The fourth-order valence-corrected chi connectivity index (χ4v) is 5.41. The Labute approximate surface area is 253 Å². The summed E-state index contributed by atoms with van der Waals surface area (Å²) in [5, 5.41) is 10.6. The maximum Gasteiger partial charge on any atom is 0.321 e. The molecule has 0 radical (unpaired) electrons. The van der Waals surface area contributed by atoms with Crippen molar-refractivity contribution < 1.29 is 23.5 Å². The highest BCUT2D eigenvalue weighted by Gasteiger charge is 2.23. The summed E-state index contributed by atoms with van der Waals surface area (Å²) >= 11 is 1.33. The zero-order valence-electron chi connectivity index (χ0n) is 23.6. The molecule has 0 unspecified atom stereocenters. The number of ether oxygens (including phenoxy) is 1. The molecule has 3 aromatic carbocycles. The highest BCUT2D eigenvalue weighted by atomic mass is 32.1. The van der Waals surface area contributed by atoms with Crippen molar-refractivity contribution in [3.8, 4) is 5.75 Å². The van der Waals surface area contributed by atoms with Gasteiger partial charge in [0.25, 0.3) is 11.8 Å². The van der Waals surface area contributed by atoms with Gasteiger partial charge in [-0.15, -0.1) is 11.3 Å². The lowest BCUT2D eigenvalue weighted by Crippen LogP contribution is -2.38. The number of nitrogens with zero attached hydrogens (tertiary/aromatic N) is 2. The Morgan fingerprint density at radius 2 is 1.63 bits per heavy atom. The van der Waals surface area contributed by atoms with Crippen LogP contribution < -0.4 is 25.6 Å². The van der Waals surface area contributed by atoms with Crippen molar-refractivity contribution in [2.24, 2.45) is 0 Å². The monoisotopic (exact) mass is 601 g/mol. The number of carbonyl (C=O) groups excluding carboxylic acids is 3. The first-order valence-electron chi connectivity index (χ1n) is 13.9. The number of anilines is 3. The minimum absolute atomic E-state index is 0.198. The first-order chi connectivity index (χ1) is 20.9. The lowest BCUT2D eigenvalue weighted by Gasteiger charge is -2.26. The molecule has 4 aromatic rings. The van der Waals surface area contributed by atoms with Crippen LogP contribution in [0.15, 0.2) is 84.2 Å². The molecule has 9 nitrogen and oxygen atoms in total. The summed E-state index contributed by atoms with van der Waals surface area (Å²) in [4.78, 5) is 43.6. The SMILES string of the molecule is COc1ccc(NC(=O)N2CCCN(c3ccc(NC(=O)c4cccs4)cc3C(=O)NCc3ccc(F)cc3)CC2)cc1. The molecule has 1 aliphatic heterocycles. The number of halogens is 1. The number of rotatable bonds is 8. The smallest absolute Gasteiger partial charge is 0.321 e. The molecule has 0 aliphatic carbocycles. The van der Waals surface area contributed by atoms with Crippen LogP contribution in [0.1, 0.15) is 32.0 Å². The Morgan fingerprint density at radius 3 is 2.35 bits per heavy atom. The predicted octanol–water partition coefficient (Wildman–Crippen LogP) is 5.82. The largest absolute Gasteiger partial charge is 0.497 e. The van der Waals surface area contributed by atoms with Gasteiger partial charge in [0.1, 0.15) is 11.6 Å². The summed E-state index contributed by atoms with van der Waals surface area (Å²) < 4.78 is 18.5. The Morgan fingerprint density at radius 1 is 0.860 bits per heavy atom. The molecule has 4 amide bonds. The number of thiophene rings is 1. The molecule has 0 spiro atoms. The number of nitrogens with one attached hydrogen (secondary N) is 3. The average molecular weight is 602 g/mol. The van der Waals surface area contributed by atoms with E-state index in [0.29, 0.717) is 65.9 Å². The van der Waals surface area contributed by atoms with Gasteiger partial charge in [-0.25, -0.2) is 9.18 Å². The minimum atomic E-state index is -0.348. The van der Waals surface area contributed by atoms with Crippen molar-refractivity contribution in [1.82, 2.24) is 10.2 Å². The first kappa shape index (κ1) is 29.6. The third-order valence-electron chi connectivity index (χ3n) is 7.08. The van der Waals surface area contributed by atoms with Gasteiger partial charge in [-0.3, -0.25) is 9.59 Å². The summed E-state index contributed by atoms with van der Waals surface area (Å²) in [5.41, 5.74) is 3.01. The van der Waals surface area contributed by atoms with Crippen LogP contribution in [0.4, 0.5) is 26.2 Å². The summed E-state index contributed by atoms with van der Waals surface area (Å²) in [6.07, 6.45) is 0.698. The number of urea groups is 1. The highest BCUT2D eigenvalue weighted by molar-refractivity contribution is 7.12. The van der Waals surface area contributed by atoms with E-state index in [2.05, 4.69) is 20.9 Å². The van der Waals surface area contributed by atoms with E-state index in [9.17, 15) is 18.8 Å². The van der Waals surface area contributed by atoms with Crippen molar-refractivity contribution in [3.05, 3.63) is 106 Å². The maximum absolute atomic E-state index is 13.5. The Kier molecular flexibility index (Phi) is 9.52. The zero-order chi connectivity index (χ0) is 30.2. The molecular formula is C32H32FN5O4S. The van der Waals surface area contributed by atoms with Gasteiger partial charge in [0.2, 0.25) is 0 Å². The molecule has 1 saturated heterocycles. The quantitative estimate of drug-likeness (QED) is 0.236.